The van der Waals surface area contributed by atoms with Gasteiger partial charge >= 0.3 is 5.97 Å². The standard InChI is InChI=1S/C15H12ClNO3S/c1-21-11-5-2-9(3-6-11)14(18)17-10-4-7-13(16)12(8-10)15(19)20/h2-8H,1H3,(H,17,18)(H,19,20). The third-order valence-corrected chi connectivity index (χ3v) is 3.88. The smallest absolute Gasteiger partial charge is 0.337 e. The quantitative estimate of drug-likeness (QED) is 0.835. The molecule has 0 bridgehead atoms. The Balaban J connectivity index is 2.19. The minimum atomic E-state index is -1.14. The molecule has 0 heterocycles. The van der Waals surface area contributed by atoms with E-state index in [0.717, 1.165) is 4.90 Å². The maximum atomic E-state index is 12.1. The van der Waals surface area contributed by atoms with Crippen LogP contribution >= 0.6 is 23.4 Å². The first-order valence-electron chi connectivity index (χ1n) is 5.99. The maximum Gasteiger partial charge on any atom is 0.337 e. The molecule has 1 amide bonds. The molecule has 0 aliphatic rings. The molecular formula is C15H12ClNO3S. The molecular weight excluding hydrogens is 310 g/mol. The van der Waals surface area contributed by atoms with Crippen molar-refractivity contribution in [1.29, 1.82) is 0 Å². The van der Waals surface area contributed by atoms with E-state index in [1.54, 1.807) is 30.0 Å². The molecule has 0 atom stereocenters. The molecule has 0 aliphatic carbocycles. The number of carbonyl (C=O) groups is 2. The number of hydrogen-bond acceptors (Lipinski definition) is 3. The van der Waals surface area contributed by atoms with Crippen molar-refractivity contribution in [3.05, 3.63) is 58.6 Å². The number of anilines is 1. The first-order chi connectivity index (χ1) is 10.0. The van der Waals surface area contributed by atoms with E-state index in [1.165, 1.54) is 12.1 Å². The lowest BCUT2D eigenvalue weighted by Gasteiger charge is -2.07. The van der Waals surface area contributed by atoms with Gasteiger partial charge in [0.1, 0.15) is 0 Å². The molecule has 6 heteroatoms. The Hall–Kier alpha value is -1.98. The normalized spacial score (nSPS) is 10.2. The fraction of sp³-hybridized carbons (Fsp3) is 0.0667. The zero-order valence-corrected chi connectivity index (χ0v) is 12.7. The first kappa shape index (κ1) is 15.4. The summed E-state index contributed by atoms with van der Waals surface area (Å²) in [6.45, 7) is 0. The number of benzene rings is 2. The highest BCUT2D eigenvalue weighted by Gasteiger charge is 2.11. The van der Waals surface area contributed by atoms with E-state index in [4.69, 9.17) is 16.7 Å². The van der Waals surface area contributed by atoms with Gasteiger partial charge in [-0.25, -0.2) is 4.79 Å². The molecule has 21 heavy (non-hydrogen) atoms. The molecule has 4 nitrogen and oxygen atoms in total. The molecule has 0 aromatic heterocycles. The zero-order chi connectivity index (χ0) is 15.4. The average Bonchev–Trinajstić information content (AvgIpc) is 2.49. The van der Waals surface area contributed by atoms with Crippen molar-refractivity contribution < 1.29 is 14.7 Å². The van der Waals surface area contributed by atoms with E-state index in [9.17, 15) is 9.59 Å². The van der Waals surface area contributed by atoms with Gasteiger partial charge in [0.25, 0.3) is 5.91 Å². The summed E-state index contributed by atoms with van der Waals surface area (Å²) in [6, 6.07) is 11.5. The molecule has 2 N–H and O–H groups in total. The van der Waals surface area contributed by atoms with E-state index >= 15 is 0 Å². The Morgan fingerprint density at radius 2 is 1.81 bits per heavy atom. The summed E-state index contributed by atoms with van der Waals surface area (Å²) >= 11 is 7.37. The van der Waals surface area contributed by atoms with Crippen LogP contribution in [0.3, 0.4) is 0 Å². The maximum absolute atomic E-state index is 12.1. The van der Waals surface area contributed by atoms with Gasteiger partial charge in [-0.3, -0.25) is 4.79 Å². The van der Waals surface area contributed by atoms with Gasteiger partial charge in [-0.1, -0.05) is 11.6 Å². The Labute approximate surface area is 131 Å². The van der Waals surface area contributed by atoms with Crippen molar-refractivity contribution >= 4 is 40.9 Å². The van der Waals surface area contributed by atoms with Gasteiger partial charge in [0.2, 0.25) is 0 Å². The number of amides is 1. The van der Waals surface area contributed by atoms with Crippen LogP contribution in [0.15, 0.2) is 47.4 Å². The number of hydrogen-bond donors (Lipinski definition) is 2. The second-order valence-electron chi connectivity index (χ2n) is 4.18. The minimum Gasteiger partial charge on any atom is -0.478 e. The molecule has 0 fully saturated rings. The molecule has 108 valence electrons. The number of carboxylic acid groups (broad SMARTS) is 1. The van der Waals surface area contributed by atoms with Gasteiger partial charge in [0.05, 0.1) is 10.6 Å². The molecule has 0 radical (unpaired) electrons. The van der Waals surface area contributed by atoms with Crippen molar-refractivity contribution in [1.82, 2.24) is 0 Å². The summed E-state index contributed by atoms with van der Waals surface area (Å²) in [4.78, 5) is 24.1. The molecule has 0 unspecified atom stereocenters. The van der Waals surface area contributed by atoms with Crippen molar-refractivity contribution in [2.24, 2.45) is 0 Å². The van der Waals surface area contributed by atoms with Gasteiger partial charge in [0, 0.05) is 16.1 Å². The molecule has 0 saturated heterocycles. The minimum absolute atomic E-state index is 0.0489. The predicted molar refractivity (Wildman–Crippen MR) is 84.6 cm³/mol. The number of carboxylic acids is 1. The topological polar surface area (TPSA) is 66.4 Å². The highest BCUT2D eigenvalue weighted by atomic mass is 35.5. The summed E-state index contributed by atoms with van der Waals surface area (Å²) in [5.74, 6) is -1.44. The lowest BCUT2D eigenvalue weighted by Crippen LogP contribution is -2.12. The molecule has 2 aromatic rings. The number of rotatable bonds is 4. The molecule has 2 rings (SSSR count). The highest BCUT2D eigenvalue weighted by molar-refractivity contribution is 7.98. The van der Waals surface area contributed by atoms with Gasteiger partial charge in [-0.05, 0) is 48.7 Å². The van der Waals surface area contributed by atoms with Gasteiger partial charge < -0.3 is 10.4 Å². The number of carbonyl (C=O) groups excluding carboxylic acids is 1. The lowest BCUT2D eigenvalue weighted by molar-refractivity contribution is 0.0696. The number of nitrogens with one attached hydrogen (secondary N) is 1. The molecule has 0 saturated carbocycles. The van der Waals surface area contributed by atoms with E-state index in [-0.39, 0.29) is 16.5 Å². The number of aromatic carboxylic acids is 1. The fourth-order valence-electron chi connectivity index (χ4n) is 1.71. The van der Waals surface area contributed by atoms with Crippen molar-refractivity contribution in [3.63, 3.8) is 0 Å². The largest absolute Gasteiger partial charge is 0.478 e. The Morgan fingerprint density at radius 3 is 2.38 bits per heavy atom. The van der Waals surface area contributed by atoms with Crippen LogP contribution < -0.4 is 5.32 Å². The highest BCUT2D eigenvalue weighted by Crippen LogP contribution is 2.21. The van der Waals surface area contributed by atoms with Gasteiger partial charge in [-0.15, -0.1) is 11.8 Å². The first-order valence-corrected chi connectivity index (χ1v) is 7.60. The monoisotopic (exact) mass is 321 g/mol. The number of thioether (sulfide) groups is 1. The molecule has 0 aliphatic heterocycles. The van der Waals surface area contributed by atoms with Crippen LogP contribution in [0.2, 0.25) is 5.02 Å². The van der Waals surface area contributed by atoms with Crippen LogP contribution in [-0.4, -0.2) is 23.2 Å². The van der Waals surface area contributed by atoms with Crippen molar-refractivity contribution in [3.8, 4) is 0 Å². The van der Waals surface area contributed by atoms with E-state index < -0.39 is 5.97 Å². The third kappa shape index (κ3) is 3.77. The SMILES string of the molecule is CSc1ccc(C(=O)Nc2ccc(Cl)c(C(=O)O)c2)cc1. The van der Waals surface area contributed by atoms with E-state index in [0.29, 0.717) is 11.3 Å². The van der Waals surface area contributed by atoms with Crippen LogP contribution in [0, 0.1) is 0 Å². The second-order valence-corrected chi connectivity index (χ2v) is 5.47. The van der Waals surface area contributed by atoms with Gasteiger partial charge in [0.15, 0.2) is 0 Å². The summed E-state index contributed by atoms with van der Waals surface area (Å²) < 4.78 is 0. The van der Waals surface area contributed by atoms with Crippen LogP contribution in [0.5, 0.6) is 0 Å². The summed E-state index contributed by atoms with van der Waals surface area (Å²) in [5.41, 5.74) is 0.836. The van der Waals surface area contributed by atoms with Gasteiger partial charge in [-0.2, -0.15) is 0 Å². The van der Waals surface area contributed by atoms with Crippen LogP contribution in [0.25, 0.3) is 0 Å². The second kappa shape index (κ2) is 6.65. The van der Waals surface area contributed by atoms with Crippen LogP contribution in [0.1, 0.15) is 20.7 Å². The number of halogens is 1. The van der Waals surface area contributed by atoms with Crippen LogP contribution in [-0.2, 0) is 0 Å². The zero-order valence-electron chi connectivity index (χ0n) is 11.1. The summed E-state index contributed by atoms with van der Waals surface area (Å²) in [6.07, 6.45) is 1.95. The summed E-state index contributed by atoms with van der Waals surface area (Å²) in [5, 5.41) is 11.8. The third-order valence-electron chi connectivity index (χ3n) is 2.81. The Kier molecular flexibility index (Phi) is 4.88. The average molecular weight is 322 g/mol. The Bertz CT molecular complexity index is 686. The summed E-state index contributed by atoms with van der Waals surface area (Å²) in [7, 11) is 0. The Morgan fingerprint density at radius 1 is 1.14 bits per heavy atom. The lowest BCUT2D eigenvalue weighted by atomic mass is 10.1. The van der Waals surface area contributed by atoms with E-state index in [1.807, 2.05) is 18.4 Å². The van der Waals surface area contributed by atoms with Crippen molar-refractivity contribution in [2.75, 3.05) is 11.6 Å². The van der Waals surface area contributed by atoms with Crippen molar-refractivity contribution in [2.45, 2.75) is 4.90 Å². The van der Waals surface area contributed by atoms with Crippen LogP contribution in [0.4, 0.5) is 5.69 Å². The predicted octanol–water partition coefficient (Wildman–Crippen LogP) is 4.01. The fourth-order valence-corrected chi connectivity index (χ4v) is 2.32. The van der Waals surface area contributed by atoms with E-state index in [2.05, 4.69) is 5.32 Å². The molecule has 0 spiro atoms. The molecule has 2 aromatic carbocycles.